The van der Waals surface area contributed by atoms with E-state index >= 15 is 0 Å². The Labute approximate surface area is 192 Å². The average molecular weight is 440 g/mol. The summed E-state index contributed by atoms with van der Waals surface area (Å²) in [6.45, 7) is 1.85. The van der Waals surface area contributed by atoms with Crippen molar-refractivity contribution in [2.45, 2.75) is 31.4 Å². The number of Topliss-reactive ketones (excluding diaryl/α,β-unsaturated/α-hetero) is 1. The number of guanidine groups is 1. The van der Waals surface area contributed by atoms with Crippen LogP contribution in [0.3, 0.4) is 0 Å². The number of carbonyl (C=O) groups excluding carboxylic acids is 2. The number of ether oxygens (including phenoxy) is 1. The van der Waals surface area contributed by atoms with Crippen LogP contribution in [-0.4, -0.2) is 29.6 Å². The predicted molar refractivity (Wildman–Crippen MR) is 127 cm³/mol. The van der Waals surface area contributed by atoms with E-state index in [1.54, 1.807) is 7.05 Å². The fourth-order valence-corrected chi connectivity index (χ4v) is 4.65. The lowest BCUT2D eigenvalue weighted by molar-refractivity contribution is -0.132. The number of aliphatic imine (C=N–C) groups is 1. The Bertz CT molecular complexity index is 1280. The van der Waals surface area contributed by atoms with Gasteiger partial charge in [0.1, 0.15) is 11.9 Å². The fraction of sp³-hybridized carbons (Fsp3) is 0.222. The van der Waals surface area contributed by atoms with Crippen molar-refractivity contribution in [3.8, 4) is 16.9 Å². The lowest BCUT2D eigenvalue weighted by atomic mass is 9.79. The number of amides is 1. The molecular weight excluding hydrogens is 414 g/mol. The van der Waals surface area contributed by atoms with Crippen molar-refractivity contribution in [3.05, 3.63) is 89.5 Å². The Morgan fingerprint density at radius 3 is 2.55 bits per heavy atom. The van der Waals surface area contributed by atoms with Gasteiger partial charge in [0.15, 0.2) is 17.3 Å². The molecule has 33 heavy (non-hydrogen) atoms. The van der Waals surface area contributed by atoms with Gasteiger partial charge in [-0.2, -0.15) is 0 Å². The lowest BCUT2D eigenvalue weighted by Crippen LogP contribution is -2.43. The molecule has 5 rings (SSSR count). The van der Waals surface area contributed by atoms with E-state index in [-0.39, 0.29) is 23.8 Å². The number of nitrogens with zero attached hydrogens (tertiary/aromatic N) is 2. The van der Waals surface area contributed by atoms with Crippen molar-refractivity contribution < 1.29 is 14.3 Å². The summed E-state index contributed by atoms with van der Waals surface area (Å²) in [5.74, 6) is 0.725. The second-order valence-electron chi connectivity index (χ2n) is 8.48. The lowest BCUT2D eigenvalue weighted by Gasteiger charge is -2.37. The summed E-state index contributed by atoms with van der Waals surface area (Å²) in [6.07, 6.45) is 0.466. The first-order valence-corrected chi connectivity index (χ1v) is 11.1. The van der Waals surface area contributed by atoms with Crippen LogP contribution in [0.5, 0.6) is 5.75 Å². The highest BCUT2D eigenvalue weighted by Crippen LogP contribution is 2.50. The summed E-state index contributed by atoms with van der Waals surface area (Å²) in [6, 6.07) is 23.2. The fourth-order valence-electron chi connectivity index (χ4n) is 4.65. The van der Waals surface area contributed by atoms with Gasteiger partial charge in [-0.3, -0.25) is 14.5 Å². The minimum atomic E-state index is -1.15. The Hall–Kier alpha value is -3.93. The number of benzene rings is 3. The maximum Gasteiger partial charge on any atom is 0.261 e. The summed E-state index contributed by atoms with van der Waals surface area (Å²) in [5.41, 5.74) is 9.08. The topological polar surface area (TPSA) is 85.0 Å². The van der Waals surface area contributed by atoms with Gasteiger partial charge in [0, 0.05) is 31.0 Å². The third-order valence-corrected chi connectivity index (χ3v) is 6.49. The van der Waals surface area contributed by atoms with Crippen LogP contribution >= 0.6 is 0 Å². The highest BCUT2D eigenvalue weighted by Gasteiger charge is 2.53. The number of fused-ring (bicyclic) bond motifs is 2. The van der Waals surface area contributed by atoms with Crippen LogP contribution in [-0.2, 0) is 10.3 Å². The van der Waals surface area contributed by atoms with Gasteiger partial charge >= 0.3 is 0 Å². The van der Waals surface area contributed by atoms with Crippen LogP contribution < -0.4 is 10.5 Å². The number of ketones is 1. The molecule has 2 heterocycles. The van der Waals surface area contributed by atoms with Gasteiger partial charge in [-0.25, -0.2) is 4.99 Å². The molecule has 0 aromatic heterocycles. The third-order valence-electron chi connectivity index (χ3n) is 6.49. The number of nitrogens with two attached hydrogens (primary N) is 1. The van der Waals surface area contributed by atoms with E-state index in [0.717, 1.165) is 16.7 Å². The molecule has 3 aromatic rings. The summed E-state index contributed by atoms with van der Waals surface area (Å²) < 4.78 is 6.36. The molecule has 2 aliphatic rings. The number of likely N-dealkylation sites (N-methyl/N-ethyl adjacent to an activating group) is 1. The van der Waals surface area contributed by atoms with Gasteiger partial charge < -0.3 is 10.5 Å². The maximum absolute atomic E-state index is 13.5. The van der Waals surface area contributed by atoms with Gasteiger partial charge in [0.25, 0.3) is 5.91 Å². The van der Waals surface area contributed by atoms with Crippen LogP contribution in [0.1, 0.15) is 47.4 Å². The van der Waals surface area contributed by atoms with E-state index in [0.29, 0.717) is 29.7 Å². The van der Waals surface area contributed by atoms with Crippen molar-refractivity contribution in [1.29, 1.82) is 0 Å². The SMILES string of the molecule is CCC(=O)c1cccc(-c2ccc3c(c2)C2(CC(c4ccccc4)O3)N=C(N)N(C)C2=O)c1. The van der Waals surface area contributed by atoms with E-state index in [1.165, 1.54) is 4.90 Å². The van der Waals surface area contributed by atoms with E-state index in [9.17, 15) is 9.59 Å². The molecule has 166 valence electrons. The Balaban J connectivity index is 1.64. The van der Waals surface area contributed by atoms with E-state index in [2.05, 4.69) is 4.99 Å². The first-order chi connectivity index (χ1) is 15.9. The van der Waals surface area contributed by atoms with E-state index in [1.807, 2.05) is 79.7 Å². The van der Waals surface area contributed by atoms with E-state index in [4.69, 9.17) is 10.5 Å². The molecule has 0 radical (unpaired) electrons. The monoisotopic (exact) mass is 439 g/mol. The molecule has 0 fully saturated rings. The highest BCUT2D eigenvalue weighted by atomic mass is 16.5. The second kappa shape index (κ2) is 7.89. The molecule has 2 N–H and O–H groups in total. The Morgan fingerprint density at radius 2 is 1.85 bits per heavy atom. The van der Waals surface area contributed by atoms with Crippen molar-refractivity contribution in [2.75, 3.05) is 7.05 Å². The molecule has 0 bridgehead atoms. The molecule has 1 spiro atoms. The van der Waals surface area contributed by atoms with Crippen molar-refractivity contribution in [3.63, 3.8) is 0 Å². The molecular formula is C27H25N3O3. The third kappa shape index (κ3) is 3.39. The van der Waals surface area contributed by atoms with Gasteiger partial charge in [0.2, 0.25) is 0 Å². The molecule has 0 saturated heterocycles. The molecule has 2 unspecified atom stereocenters. The molecule has 2 aliphatic heterocycles. The summed E-state index contributed by atoms with van der Waals surface area (Å²) in [4.78, 5) is 31.8. The Morgan fingerprint density at radius 1 is 1.09 bits per heavy atom. The van der Waals surface area contributed by atoms with Crippen LogP contribution in [0, 0.1) is 0 Å². The zero-order valence-electron chi connectivity index (χ0n) is 18.6. The minimum Gasteiger partial charge on any atom is -0.485 e. The molecule has 2 atom stereocenters. The van der Waals surface area contributed by atoms with Gasteiger partial charge in [-0.15, -0.1) is 0 Å². The molecule has 6 heteroatoms. The maximum atomic E-state index is 13.5. The number of carbonyl (C=O) groups is 2. The summed E-state index contributed by atoms with van der Waals surface area (Å²) in [7, 11) is 1.65. The normalized spacial score (nSPS) is 21.5. The zero-order chi connectivity index (χ0) is 23.2. The number of hydrogen-bond donors (Lipinski definition) is 1. The van der Waals surface area contributed by atoms with Crippen LogP contribution in [0.15, 0.2) is 77.8 Å². The molecule has 0 aliphatic carbocycles. The first kappa shape index (κ1) is 20.9. The van der Waals surface area contributed by atoms with Crippen LogP contribution in [0.2, 0.25) is 0 Å². The van der Waals surface area contributed by atoms with Gasteiger partial charge in [-0.1, -0.05) is 61.5 Å². The minimum absolute atomic E-state index is 0.0882. The predicted octanol–water partition coefficient (Wildman–Crippen LogP) is 4.45. The molecule has 6 nitrogen and oxygen atoms in total. The standard InChI is InChI=1S/C27H25N3O3/c1-3-22(31)20-11-7-10-18(14-20)19-12-13-23-21(15-19)27(25(32)30(2)26(28)29-27)16-24(33-23)17-8-5-4-6-9-17/h4-15,24H,3,16H2,1-2H3,(H2,28,29). The summed E-state index contributed by atoms with van der Waals surface area (Å²) >= 11 is 0. The Kier molecular flexibility index (Phi) is 5.01. The quantitative estimate of drug-likeness (QED) is 0.609. The van der Waals surface area contributed by atoms with Crippen molar-refractivity contribution in [2.24, 2.45) is 10.7 Å². The number of rotatable bonds is 4. The van der Waals surface area contributed by atoms with Crippen molar-refractivity contribution in [1.82, 2.24) is 4.90 Å². The van der Waals surface area contributed by atoms with Gasteiger partial charge in [0.05, 0.1) is 0 Å². The second-order valence-corrected chi connectivity index (χ2v) is 8.48. The average Bonchev–Trinajstić information content (AvgIpc) is 3.07. The van der Waals surface area contributed by atoms with Crippen molar-refractivity contribution >= 4 is 17.6 Å². The van der Waals surface area contributed by atoms with Crippen LogP contribution in [0.25, 0.3) is 11.1 Å². The van der Waals surface area contributed by atoms with Crippen LogP contribution in [0.4, 0.5) is 0 Å². The molecule has 0 saturated carbocycles. The molecule has 1 amide bonds. The molecule has 3 aromatic carbocycles. The highest BCUT2D eigenvalue weighted by molar-refractivity contribution is 6.07. The zero-order valence-corrected chi connectivity index (χ0v) is 18.6. The van der Waals surface area contributed by atoms with Gasteiger partial charge in [-0.05, 0) is 34.9 Å². The largest absolute Gasteiger partial charge is 0.485 e. The number of hydrogen-bond acceptors (Lipinski definition) is 5. The summed E-state index contributed by atoms with van der Waals surface area (Å²) in [5, 5.41) is 0. The van der Waals surface area contributed by atoms with E-state index < -0.39 is 5.54 Å². The first-order valence-electron chi connectivity index (χ1n) is 11.1. The smallest absolute Gasteiger partial charge is 0.261 e.